The van der Waals surface area contributed by atoms with E-state index in [1.165, 1.54) is 10.8 Å². The molecule has 1 nitrogen and oxygen atoms in total. The number of hydrogen-bond acceptors (Lipinski definition) is 2. The fourth-order valence-corrected chi connectivity index (χ4v) is 0.825. The first-order valence-corrected chi connectivity index (χ1v) is 2.65. The molecule has 0 fully saturated rings. The maximum absolute atomic E-state index is 11.8. The summed E-state index contributed by atoms with van der Waals surface area (Å²) in [5.74, 6) is -0.796. The van der Waals surface area contributed by atoms with E-state index in [1.54, 1.807) is 0 Å². The minimum atomic E-state index is -0.537. The first-order chi connectivity index (χ1) is 3.30. The lowest BCUT2D eigenvalue weighted by molar-refractivity contribution is 0.437. The highest BCUT2D eigenvalue weighted by molar-refractivity contribution is 7.08. The monoisotopic (exact) mass is 118 g/mol. The normalized spacial score (nSPS) is 9.29. The lowest BCUT2D eigenvalue weighted by Gasteiger charge is -1.75. The summed E-state index contributed by atoms with van der Waals surface area (Å²) in [7, 11) is 0. The number of rotatable bonds is 0. The van der Waals surface area contributed by atoms with Crippen LogP contribution in [0.25, 0.3) is 0 Å². The molecule has 0 unspecified atom stereocenters. The zero-order chi connectivity index (χ0) is 5.28. The van der Waals surface area contributed by atoms with Gasteiger partial charge in [0.2, 0.25) is 0 Å². The summed E-state index contributed by atoms with van der Waals surface area (Å²) in [6, 6.07) is 0. The molecular formula is C4H3FOS. The summed E-state index contributed by atoms with van der Waals surface area (Å²) in [5, 5.41) is 11.0. The smallest absolute Gasteiger partial charge is 0.175 e. The zero-order valence-electron chi connectivity index (χ0n) is 3.39. The summed E-state index contributed by atoms with van der Waals surface area (Å²) in [6.07, 6.45) is 0. The molecular weight excluding hydrogens is 115 g/mol. The van der Waals surface area contributed by atoms with Crippen LogP contribution in [0.4, 0.5) is 4.39 Å². The standard InChI is InChI=1S/C4H3FOS/c5-3-1-7-2-4(3)6/h1-2,6H. The summed E-state index contributed by atoms with van der Waals surface area (Å²) in [4.78, 5) is 0. The first-order valence-electron chi connectivity index (χ1n) is 1.71. The third kappa shape index (κ3) is 0.718. The van der Waals surface area contributed by atoms with Crippen molar-refractivity contribution in [3.05, 3.63) is 16.6 Å². The largest absolute Gasteiger partial charge is 0.504 e. The Morgan fingerprint density at radius 3 is 2.43 bits per heavy atom. The number of thiophene rings is 1. The van der Waals surface area contributed by atoms with Gasteiger partial charge in [0.1, 0.15) is 0 Å². The van der Waals surface area contributed by atoms with Gasteiger partial charge >= 0.3 is 0 Å². The molecule has 1 N–H and O–H groups in total. The zero-order valence-corrected chi connectivity index (χ0v) is 4.20. The molecule has 7 heavy (non-hydrogen) atoms. The van der Waals surface area contributed by atoms with E-state index >= 15 is 0 Å². The van der Waals surface area contributed by atoms with Crippen LogP contribution in [0.2, 0.25) is 0 Å². The summed E-state index contributed by atoms with van der Waals surface area (Å²) >= 11 is 1.14. The molecule has 1 rings (SSSR count). The maximum atomic E-state index is 11.8. The fraction of sp³-hybridized carbons (Fsp3) is 0. The second-order valence-corrected chi connectivity index (χ2v) is 1.85. The van der Waals surface area contributed by atoms with Gasteiger partial charge in [-0.25, -0.2) is 4.39 Å². The van der Waals surface area contributed by atoms with Gasteiger partial charge in [-0.3, -0.25) is 0 Å². The Labute approximate surface area is 44.0 Å². The minimum absolute atomic E-state index is 0.259. The Balaban J connectivity index is 3.12. The van der Waals surface area contributed by atoms with Crippen LogP contribution in [-0.2, 0) is 0 Å². The van der Waals surface area contributed by atoms with E-state index in [2.05, 4.69) is 0 Å². The first kappa shape index (κ1) is 4.59. The predicted molar refractivity (Wildman–Crippen MR) is 25.9 cm³/mol. The quantitative estimate of drug-likeness (QED) is 0.548. The summed E-state index contributed by atoms with van der Waals surface area (Å²) in [5.41, 5.74) is 0. The summed E-state index contributed by atoms with van der Waals surface area (Å²) < 4.78 is 11.8. The molecule has 0 amide bonds. The molecule has 0 aliphatic rings. The summed E-state index contributed by atoms with van der Waals surface area (Å²) in [6.45, 7) is 0. The highest BCUT2D eigenvalue weighted by atomic mass is 32.1. The molecule has 0 atom stereocenters. The van der Waals surface area contributed by atoms with Crippen LogP contribution in [-0.4, -0.2) is 5.11 Å². The number of hydrogen-bond donors (Lipinski definition) is 1. The molecule has 38 valence electrons. The van der Waals surface area contributed by atoms with Crippen LogP contribution in [0.1, 0.15) is 0 Å². The lowest BCUT2D eigenvalue weighted by Crippen LogP contribution is -1.58. The second kappa shape index (κ2) is 1.50. The molecule has 0 aliphatic heterocycles. The SMILES string of the molecule is Oc1cscc1F. The van der Waals surface area contributed by atoms with Gasteiger partial charge in [0.15, 0.2) is 11.6 Å². The molecule has 0 saturated carbocycles. The Morgan fingerprint density at radius 1 is 1.57 bits per heavy atom. The van der Waals surface area contributed by atoms with E-state index in [0.29, 0.717) is 0 Å². The molecule has 0 radical (unpaired) electrons. The van der Waals surface area contributed by atoms with Gasteiger partial charge in [-0.2, -0.15) is 0 Å². The van der Waals surface area contributed by atoms with Gasteiger partial charge in [0.25, 0.3) is 0 Å². The van der Waals surface area contributed by atoms with Gasteiger partial charge in [0.05, 0.1) is 0 Å². The van der Waals surface area contributed by atoms with Crippen LogP contribution >= 0.6 is 11.3 Å². The van der Waals surface area contributed by atoms with Crippen molar-refractivity contribution in [2.24, 2.45) is 0 Å². The number of aromatic hydroxyl groups is 1. The third-order valence-electron chi connectivity index (χ3n) is 0.596. The molecule has 1 aromatic rings. The van der Waals surface area contributed by atoms with Crippen LogP contribution in [0.15, 0.2) is 10.8 Å². The van der Waals surface area contributed by atoms with Gasteiger partial charge in [-0.1, -0.05) is 0 Å². The van der Waals surface area contributed by atoms with Gasteiger partial charge in [-0.15, -0.1) is 11.3 Å². The molecule has 0 saturated heterocycles. The van der Waals surface area contributed by atoms with Crippen molar-refractivity contribution in [1.82, 2.24) is 0 Å². The highest BCUT2D eigenvalue weighted by Crippen LogP contribution is 2.18. The second-order valence-electron chi connectivity index (χ2n) is 1.10. The third-order valence-corrected chi connectivity index (χ3v) is 1.30. The predicted octanol–water partition coefficient (Wildman–Crippen LogP) is 1.59. The van der Waals surface area contributed by atoms with Crippen molar-refractivity contribution < 1.29 is 9.50 Å². The Hall–Kier alpha value is -0.570. The molecule has 0 bridgehead atoms. The van der Waals surface area contributed by atoms with E-state index in [4.69, 9.17) is 5.11 Å². The van der Waals surface area contributed by atoms with Gasteiger partial charge in [0, 0.05) is 10.8 Å². The lowest BCUT2D eigenvalue weighted by atomic mass is 10.6. The molecule has 0 aromatic carbocycles. The van der Waals surface area contributed by atoms with Crippen molar-refractivity contribution >= 4 is 11.3 Å². The van der Waals surface area contributed by atoms with Crippen molar-refractivity contribution in [2.45, 2.75) is 0 Å². The Bertz CT molecular complexity index is 144. The van der Waals surface area contributed by atoms with E-state index in [9.17, 15) is 4.39 Å². The van der Waals surface area contributed by atoms with Crippen LogP contribution in [0, 0.1) is 5.82 Å². The molecule has 0 aliphatic carbocycles. The van der Waals surface area contributed by atoms with Gasteiger partial charge in [-0.05, 0) is 0 Å². The topological polar surface area (TPSA) is 20.2 Å². The van der Waals surface area contributed by atoms with Gasteiger partial charge < -0.3 is 5.11 Å². The minimum Gasteiger partial charge on any atom is -0.504 e. The van der Waals surface area contributed by atoms with E-state index in [-0.39, 0.29) is 5.75 Å². The van der Waals surface area contributed by atoms with E-state index in [1.807, 2.05) is 0 Å². The van der Waals surface area contributed by atoms with E-state index < -0.39 is 5.82 Å². The molecule has 3 heteroatoms. The van der Waals surface area contributed by atoms with Crippen molar-refractivity contribution in [2.75, 3.05) is 0 Å². The maximum Gasteiger partial charge on any atom is 0.175 e. The van der Waals surface area contributed by atoms with Crippen LogP contribution in [0.5, 0.6) is 5.75 Å². The molecule has 0 spiro atoms. The van der Waals surface area contributed by atoms with E-state index in [0.717, 1.165) is 11.3 Å². The van der Waals surface area contributed by atoms with Crippen molar-refractivity contribution in [3.8, 4) is 5.75 Å². The van der Waals surface area contributed by atoms with Crippen molar-refractivity contribution in [3.63, 3.8) is 0 Å². The molecule has 1 aromatic heterocycles. The van der Waals surface area contributed by atoms with Crippen LogP contribution in [0.3, 0.4) is 0 Å². The van der Waals surface area contributed by atoms with Crippen LogP contribution < -0.4 is 0 Å². The number of halogens is 1. The average Bonchev–Trinajstić information content (AvgIpc) is 1.91. The fourth-order valence-electron chi connectivity index (χ4n) is 0.275. The van der Waals surface area contributed by atoms with Crippen molar-refractivity contribution in [1.29, 1.82) is 0 Å². The molecule has 1 heterocycles. The highest BCUT2D eigenvalue weighted by Gasteiger charge is 1.95. The Kier molecular flexibility index (Phi) is 0.982. The Morgan fingerprint density at radius 2 is 2.29 bits per heavy atom. The average molecular weight is 118 g/mol.